The molecule has 4 N–H and O–H groups in total. The van der Waals surface area contributed by atoms with Crippen molar-refractivity contribution in [1.29, 1.82) is 0 Å². The second kappa shape index (κ2) is 7.26. The van der Waals surface area contributed by atoms with Gasteiger partial charge in [-0.15, -0.1) is 0 Å². The molecule has 0 spiro atoms. The van der Waals surface area contributed by atoms with Crippen LogP contribution in [0.2, 0.25) is 0 Å². The zero-order chi connectivity index (χ0) is 16.2. The zero-order valence-corrected chi connectivity index (χ0v) is 12.5. The highest BCUT2D eigenvalue weighted by Crippen LogP contribution is 2.21. The monoisotopic (exact) mass is 301 g/mol. The van der Waals surface area contributed by atoms with Gasteiger partial charge in [0.25, 0.3) is 0 Å². The number of rotatable bonds is 6. The number of hydrogen-bond donors (Lipinski definition) is 3. The highest BCUT2D eigenvalue weighted by molar-refractivity contribution is 5.87. The Morgan fingerprint density at radius 1 is 1.38 bits per heavy atom. The molecule has 0 aromatic rings. The van der Waals surface area contributed by atoms with E-state index in [0.717, 1.165) is 0 Å². The Labute approximate surface area is 123 Å². The SMILES string of the molecule is CCN(C(=O)C(NC(N)=O)C(C)C)C1COCC1C(=O)O. The highest BCUT2D eigenvalue weighted by Gasteiger charge is 2.41. The van der Waals surface area contributed by atoms with E-state index in [4.69, 9.17) is 10.5 Å². The molecule has 21 heavy (non-hydrogen) atoms. The van der Waals surface area contributed by atoms with E-state index in [9.17, 15) is 19.5 Å². The van der Waals surface area contributed by atoms with Crippen LogP contribution in [0.5, 0.6) is 0 Å². The third-order valence-electron chi connectivity index (χ3n) is 3.62. The summed E-state index contributed by atoms with van der Waals surface area (Å²) in [7, 11) is 0. The first kappa shape index (κ1) is 17.2. The molecule has 0 bridgehead atoms. The van der Waals surface area contributed by atoms with E-state index in [2.05, 4.69) is 5.32 Å². The molecule has 1 rings (SSSR count). The summed E-state index contributed by atoms with van der Waals surface area (Å²) in [6.45, 7) is 5.92. The lowest BCUT2D eigenvalue weighted by Crippen LogP contribution is -2.56. The summed E-state index contributed by atoms with van der Waals surface area (Å²) in [4.78, 5) is 36.3. The van der Waals surface area contributed by atoms with Crippen LogP contribution in [0.25, 0.3) is 0 Å². The molecule has 1 heterocycles. The molecule has 8 nitrogen and oxygen atoms in total. The summed E-state index contributed by atoms with van der Waals surface area (Å²) < 4.78 is 5.20. The molecular weight excluding hydrogens is 278 g/mol. The molecule has 0 aliphatic carbocycles. The minimum absolute atomic E-state index is 0.0827. The van der Waals surface area contributed by atoms with Crippen LogP contribution < -0.4 is 11.1 Å². The number of nitrogens with two attached hydrogens (primary N) is 1. The molecule has 3 amide bonds. The predicted octanol–water partition coefficient (Wildman–Crippen LogP) is -0.373. The van der Waals surface area contributed by atoms with E-state index >= 15 is 0 Å². The molecule has 1 fully saturated rings. The Morgan fingerprint density at radius 2 is 2.00 bits per heavy atom. The van der Waals surface area contributed by atoms with Crippen LogP contribution in [0.15, 0.2) is 0 Å². The lowest BCUT2D eigenvalue weighted by atomic mass is 9.98. The summed E-state index contributed by atoms with van der Waals surface area (Å²) in [5, 5.41) is 11.6. The fourth-order valence-electron chi connectivity index (χ4n) is 2.49. The number of carboxylic acid groups (broad SMARTS) is 1. The molecule has 1 saturated heterocycles. The number of hydrogen-bond acceptors (Lipinski definition) is 4. The Hall–Kier alpha value is -1.83. The van der Waals surface area contributed by atoms with E-state index in [1.165, 1.54) is 4.90 Å². The number of carbonyl (C=O) groups is 3. The van der Waals surface area contributed by atoms with Gasteiger partial charge in [0.1, 0.15) is 12.0 Å². The highest BCUT2D eigenvalue weighted by atomic mass is 16.5. The maximum Gasteiger partial charge on any atom is 0.312 e. The van der Waals surface area contributed by atoms with Gasteiger partial charge < -0.3 is 25.8 Å². The molecule has 0 radical (unpaired) electrons. The largest absolute Gasteiger partial charge is 0.481 e. The molecule has 0 aromatic carbocycles. The molecular formula is C13H23N3O5. The Morgan fingerprint density at radius 3 is 2.43 bits per heavy atom. The van der Waals surface area contributed by atoms with Crippen molar-refractivity contribution in [2.45, 2.75) is 32.9 Å². The molecule has 3 atom stereocenters. The first-order chi connectivity index (χ1) is 9.79. The molecule has 120 valence electrons. The van der Waals surface area contributed by atoms with Gasteiger partial charge in [0.05, 0.1) is 19.3 Å². The molecule has 0 saturated carbocycles. The van der Waals surface area contributed by atoms with Crippen molar-refractivity contribution in [3.8, 4) is 0 Å². The van der Waals surface area contributed by atoms with Crippen molar-refractivity contribution in [3.05, 3.63) is 0 Å². The average molecular weight is 301 g/mol. The van der Waals surface area contributed by atoms with Crippen molar-refractivity contribution in [1.82, 2.24) is 10.2 Å². The molecule has 8 heteroatoms. The van der Waals surface area contributed by atoms with Gasteiger partial charge in [0.2, 0.25) is 5.91 Å². The van der Waals surface area contributed by atoms with Crippen molar-refractivity contribution < 1.29 is 24.2 Å². The number of nitrogens with zero attached hydrogens (tertiary/aromatic N) is 1. The molecule has 1 aliphatic rings. The van der Waals surface area contributed by atoms with Crippen molar-refractivity contribution >= 4 is 17.9 Å². The Bertz CT molecular complexity index is 413. The van der Waals surface area contributed by atoms with E-state index < -0.39 is 30.0 Å². The standard InChI is InChI=1S/C13H23N3O5/c1-4-16(9-6-21-5-8(9)12(18)19)11(17)10(7(2)3)15-13(14)20/h7-10H,4-6H2,1-3H3,(H,18,19)(H3,14,15,20). The first-order valence-electron chi connectivity index (χ1n) is 6.96. The number of carboxylic acids is 1. The normalized spacial score (nSPS) is 22.9. The van der Waals surface area contributed by atoms with E-state index in [0.29, 0.717) is 6.54 Å². The fourth-order valence-corrected chi connectivity index (χ4v) is 2.49. The van der Waals surface area contributed by atoms with Gasteiger partial charge in [-0.1, -0.05) is 13.8 Å². The van der Waals surface area contributed by atoms with Gasteiger partial charge in [-0.2, -0.15) is 0 Å². The van der Waals surface area contributed by atoms with Crippen molar-refractivity contribution in [2.24, 2.45) is 17.6 Å². The smallest absolute Gasteiger partial charge is 0.312 e. The summed E-state index contributed by atoms with van der Waals surface area (Å²) in [5.74, 6) is -2.25. The zero-order valence-electron chi connectivity index (χ0n) is 12.5. The summed E-state index contributed by atoms with van der Waals surface area (Å²) >= 11 is 0. The summed E-state index contributed by atoms with van der Waals surface area (Å²) in [5.41, 5.74) is 5.10. The third kappa shape index (κ3) is 4.07. The number of amides is 3. The maximum atomic E-state index is 12.6. The molecule has 0 aromatic heterocycles. The van der Waals surface area contributed by atoms with Gasteiger partial charge in [-0.3, -0.25) is 9.59 Å². The number of urea groups is 1. The third-order valence-corrected chi connectivity index (χ3v) is 3.62. The first-order valence-corrected chi connectivity index (χ1v) is 6.96. The Balaban J connectivity index is 2.93. The second-order valence-electron chi connectivity index (χ2n) is 5.40. The van der Waals surface area contributed by atoms with Crippen molar-refractivity contribution in [3.63, 3.8) is 0 Å². The number of ether oxygens (including phenoxy) is 1. The van der Waals surface area contributed by atoms with Crippen LogP contribution in [0.3, 0.4) is 0 Å². The quantitative estimate of drug-likeness (QED) is 0.617. The minimum atomic E-state index is -0.993. The van der Waals surface area contributed by atoms with Gasteiger partial charge in [0.15, 0.2) is 0 Å². The van der Waals surface area contributed by atoms with Crippen LogP contribution in [-0.2, 0) is 14.3 Å². The van der Waals surface area contributed by atoms with Gasteiger partial charge in [-0.25, -0.2) is 4.79 Å². The maximum absolute atomic E-state index is 12.6. The van der Waals surface area contributed by atoms with Crippen LogP contribution in [0.4, 0.5) is 4.79 Å². The lowest BCUT2D eigenvalue weighted by molar-refractivity contribution is -0.145. The predicted molar refractivity (Wildman–Crippen MR) is 74.5 cm³/mol. The van der Waals surface area contributed by atoms with Crippen LogP contribution in [0.1, 0.15) is 20.8 Å². The number of carbonyl (C=O) groups excluding carboxylic acids is 2. The molecule has 1 aliphatic heterocycles. The number of likely N-dealkylation sites (N-methyl/N-ethyl adjacent to an activating group) is 1. The van der Waals surface area contributed by atoms with E-state index in [-0.39, 0.29) is 25.0 Å². The number of aliphatic carboxylic acids is 1. The summed E-state index contributed by atoms with van der Waals surface area (Å²) in [6, 6.07) is -2.09. The van der Waals surface area contributed by atoms with Crippen molar-refractivity contribution in [2.75, 3.05) is 19.8 Å². The van der Waals surface area contributed by atoms with Gasteiger partial charge in [-0.05, 0) is 12.8 Å². The summed E-state index contributed by atoms with van der Waals surface area (Å²) in [6.07, 6.45) is 0. The minimum Gasteiger partial charge on any atom is -0.481 e. The van der Waals surface area contributed by atoms with E-state index in [1.807, 2.05) is 0 Å². The lowest BCUT2D eigenvalue weighted by Gasteiger charge is -2.33. The van der Waals surface area contributed by atoms with Gasteiger partial charge >= 0.3 is 12.0 Å². The van der Waals surface area contributed by atoms with Crippen LogP contribution in [-0.4, -0.2) is 59.8 Å². The van der Waals surface area contributed by atoms with Gasteiger partial charge in [0, 0.05) is 6.54 Å². The van der Waals surface area contributed by atoms with E-state index in [1.54, 1.807) is 20.8 Å². The van der Waals surface area contributed by atoms with Crippen LogP contribution in [0, 0.1) is 11.8 Å². The molecule has 3 unspecified atom stereocenters. The topological polar surface area (TPSA) is 122 Å². The Kier molecular flexibility index (Phi) is 5.95. The fraction of sp³-hybridized carbons (Fsp3) is 0.769. The number of nitrogens with one attached hydrogen (secondary N) is 1. The second-order valence-corrected chi connectivity index (χ2v) is 5.40. The number of primary amides is 1. The average Bonchev–Trinajstić information content (AvgIpc) is 2.85. The van der Waals surface area contributed by atoms with Crippen LogP contribution >= 0.6 is 0 Å².